The number of aliphatic hydroxyl groups is 1. The fourth-order valence-corrected chi connectivity index (χ4v) is 2.14. The van der Waals surface area contributed by atoms with Gasteiger partial charge in [-0.2, -0.15) is 0 Å². The minimum Gasteiger partial charge on any atom is -0.396 e. The lowest BCUT2D eigenvalue weighted by Crippen LogP contribution is -2.05. The van der Waals surface area contributed by atoms with Crippen molar-refractivity contribution in [1.29, 1.82) is 0 Å². The Morgan fingerprint density at radius 3 is 2.50 bits per heavy atom. The predicted octanol–water partition coefficient (Wildman–Crippen LogP) is 2.95. The normalized spacial score (nSPS) is 12.2. The third kappa shape index (κ3) is 3.48. The lowest BCUT2D eigenvalue weighted by atomic mass is 10.1. The first kappa shape index (κ1) is 14.3. The number of nitrogens with zero attached hydrogens (tertiary/aromatic N) is 1. The zero-order valence-corrected chi connectivity index (χ0v) is 12.1. The fraction of sp³-hybridized carbons (Fsp3) is 0.312. The number of aliphatic hydroxyl groups excluding tert-OH is 1. The fourth-order valence-electron chi connectivity index (χ4n) is 2.14. The molecule has 0 spiro atoms. The number of aryl methyl sites for hydroxylation is 2. The predicted molar refractivity (Wildman–Crippen MR) is 83.2 cm³/mol. The van der Waals surface area contributed by atoms with Gasteiger partial charge in [0.05, 0.1) is 11.8 Å². The lowest BCUT2D eigenvalue weighted by Gasteiger charge is -2.12. The molecule has 0 saturated carbocycles. The van der Waals surface area contributed by atoms with E-state index in [0.717, 1.165) is 22.5 Å². The molecule has 0 saturated heterocycles. The van der Waals surface area contributed by atoms with Gasteiger partial charge in [-0.3, -0.25) is 0 Å². The minimum atomic E-state index is -0.328. The van der Waals surface area contributed by atoms with Crippen LogP contribution in [0.4, 0.5) is 17.2 Å². The highest BCUT2D eigenvalue weighted by Crippen LogP contribution is 2.24. The molecule has 1 aromatic carbocycles. The molecular formula is C16H21N3O. The molecule has 106 valence electrons. The molecule has 0 aliphatic heterocycles. The van der Waals surface area contributed by atoms with Crippen LogP contribution in [0.5, 0.6) is 0 Å². The van der Waals surface area contributed by atoms with Crippen molar-refractivity contribution in [1.82, 2.24) is 4.98 Å². The Morgan fingerprint density at radius 1 is 1.25 bits per heavy atom. The van der Waals surface area contributed by atoms with Gasteiger partial charge in [-0.25, -0.2) is 4.98 Å². The van der Waals surface area contributed by atoms with Crippen molar-refractivity contribution < 1.29 is 5.11 Å². The zero-order valence-electron chi connectivity index (χ0n) is 12.1. The highest BCUT2D eigenvalue weighted by atomic mass is 16.3. The molecule has 0 aliphatic carbocycles. The number of nitrogen functional groups attached to an aromatic ring is 1. The number of anilines is 3. The number of rotatable bonds is 4. The number of benzene rings is 1. The van der Waals surface area contributed by atoms with E-state index in [1.54, 1.807) is 6.92 Å². The first-order valence-electron chi connectivity index (χ1n) is 6.73. The van der Waals surface area contributed by atoms with Crippen molar-refractivity contribution in [2.45, 2.75) is 33.3 Å². The monoisotopic (exact) mass is 271 g/mol. The van der Waals surface area contributed by atoms with Crippen LogP contribution in [-0.2, 0) is 6.42 Å². The second-order valence-corrected chi connectivity index (χ2v) is 5.22. The van der Waals surface area contributed by atoms with Gasteiger partial charge in [0.15, 0.2) is 5.82 Å². The van der Waals surface area contributed by atoms with Crippen LogP contribution in [0.15, 0.2) is 30.3 Å². The zero-order chi connectivity index (χ0) is 14.7. The van der Waals surface area contributed by atoms with Gasteiger partial charge in [0.25, 0.3) is 0 Å². The third-order valence-corrected chi connectivity index (χ3v) is 3.14. The molecule has 0 bridgehead atoms. The van der Waals surface area contributed by atoms with Crippen molar-refractivity contribution >= 4 is 17.2 Å². The van der Waals surface area contributed by atoms with E-state index in [1.165, 1.54) is 0 Å². The Kier molecular flexibility index (Phi) is 4.25. The molecule has 4 nitrogen and oxygen atoms in total. The first-order chi connectivity index (χ1) is 9.45. The standard InChI is InChI=1S/C16H21N3O/c1-10-8-11(2)18-16(15(10)17)19-14-6-4-13(5-7-14)9-12(3)20/h4-8,12,20H,9,17H2,1-3H3,(H,18,19)/t12-/m0/s1. The molecule has 1 aromatic heterocycles. The summed E-state index contributed by atoms with van der Waals surface area (Å²) in [6.07, 6.45) is 0.329. The maximum Gasteiger partial charge on any atom is 0.154 e. The molecule has 1 atom stereocenters. The second-order valence-electron chi connectivity index (χ2n) is 5.22. The highest BCUT2D eigenvalue weighted by Gasteiger charge is 2.06. The van der Waals surface area contributed by atoms with Gasteiger partial charge in [-0.05, 0) is 56.5 Å². The molecule has 4 N–H and O–H groups in total. The topological polar surface area (TPSA) is 71.2 Å². The summed E-state index contributed by atoms with van der Waals surface area (Å²) in [6.45, 7) is 5.70. The van der Waals surface area contributed by atoms with Gasteiger partial charge in [0, 0.05) is 11.4 Å². The van der Waals surface area contributed by atoms with Gasteiger partial charge in [-0.15, -0.1) is 0 Å². The SMILES string of the molecule is Cc1cc(C)c(N)c(Nc2ccc(C[C@H](C)O)cc2)n1. The summed E-state index contributed by atoms with van der Waals surface area (Å²) >= 11 is 0. The van der Waals surface area contributed by atoms with Gasteiger partial charge < -0.3 is 16.2 Å². The minimum absolute atomic E-state index is 0.328. The summed E-state index contributed by atoms with van der Waals surface area (Å²) in [5, 5.41) is 12.6. The largest absolute Gasteiger partial charge is 0.396 e. The smallest absolute Gasteiger partial charge is 0.154 e. The number of nitrogens with one attached hydrogen (secondary N) is 1. The summed E-state index contributed by atoms with van der Waals surface area (Å²) < 4.78 is 0. The molecule has 0 unspecified atom stereocenters. The molecule has 0 amide bonds. The molecule has 0 fully saturated rings. The van der Waals surface area contributed by atoms with Crippen molar-refractivity contribution in [3.8, 4) is 0 Å². The number of pyridine rings is 1. The lowest BCUT2D eigenvalue weighted by molar-refractivity contribution is 0.195. The van der Waals surface area contributed by atoms with E-state index in [0.29, 0.717) is 17.9 Å². The van der Waals surface area contributed by atoms with Crippen LogP contribution in [0, 0.1) is 13.8 Å². The van der Waals surface area contributed by atoms with Gasteiger partial charge in [-0.1, -0.05) is 12.1 Å². The van der Waals surface area contributed by atoms with E-state index in [-0.39, 0.29) is 6.10 Å². The second kappa shape index (κ2) is 5.92. The van der Waals surface area contributed by atoms with E-state index in [4.69, 9.17) is 5.73 Å². The molecule has 0 aliphatic rings. The van der Waals surface area contributed by atoms with Crippen molar-refractivity contribution in [2.75, 3.05) is 11.1 Å². The summed E-state index contributed by atoms with van der Waals surface area (Å²) in [5.41, 5.74) is 10.7. The summed E-state index contributed by atoms with van der Waals surface area (Å²) in [7, 11) is 0. The highest BCUT2D eigenvalue weighted by molar-refractivity contribution is 5.71. The molecule has 20 heavy (non-hydrogen) atoms. The average Bonchev–Trinajstić information content (AvgIpc) is 2.37. The third-order valence-electron chi connectivity index (χ3n) is 3.14. The Balaban J connectivity index is 2.18. The first-order valence-corrected chi connectivity index (χ1v) is 6.73. The molecule has 1 heterocycles. The Hall–Kier alpha value is -2.07. The van der Waals surface area contributed by atoms with Crippen LogP contribution in [0.3, 0.4) is 0 Å². The van der Waals surface area contributed by atoms with Crippen LogP contribution in [-0.4, -0.2) is 16.2 Å². The van der Waals surface area contributed by atoms with Crippen molar-refractivity contribution in [3.05, 3.63) is 47.2 Å². The van der Waals surface area contributed by atoms with Crippen LogP contribution in [0.2, 0.25) is 0 Å². The number of aromatic nitrogens is 1. The Labute approximate surface area is 119 Å². The van der Waals surface area contributed by atoms with Gasteiger partial charge in [0.1, 0.15) is 0 Å². The van der Waals surface area contributed by atoms with E-state index < -0.39 is 0 Å². The van der Waals surface area contributed by atoms with E-state index in [9.17, 15) is 5.11 Å². The summed E-state index contributed by atoms with van der Waals surface area (Å²) in [6, 6.07) is 9.89. The summed E-state index contributed by atoms with van der Waals surface area (Å²) in [5.74, 6) is 0.686. The molecule has 0 radical (unpaired) electrons. The molecular weight excluding hydrogens is 250 g/mol. The number of hydrogen-bond donors (Lipinski definition) is 3. The maximum atomic E-state index is 9.37. The molecule has 2 rings (SSSR count). The van der Waals surface area contributed by atoms with Gasteiger partial charge in [0.2, 0.25) is 0 Å². The van der Waals surface area contributed by atoms with E-state index in [1.807, 2.05) is 44.2 Å². The quantitative estimate of drug-likeness (QED) is 0.799. The number of nitrogens with two attached hydrogens (primary N) is 1. The van der Waals surface area contributed by atoms with Crippen LogP contribution in [0.1, 0.15) is 23.7 Å². The van der Waals surface area contributed by atoms with E-state index in [2.05, 4.69) is 10.3 Å². The van der Waals surface area contributed by atoms with Gasteiger partial charge >= 0.3 is 0 Å². The van der Waals surface area contributed by atoms with E-state index >= 15 is 0 Å². The molecule has 4 heteroatoms. The number of hydrogen-bond acceptors (Lipinski definition) is 4. The maximum absolute atomic E-state index is 9.37. The average molecular weight is 271 g/mol. The van der Waals surface area contributed by atoms with Crippen LogP contribution < -0.4 is 11.1 Å². The van der Waals surface area contributed by atoms with Crippen LogP contribution >= 0.6 is 0 Å². The van der Waals surface area contributed by atoms with Crippen molar-refractivity contribution in [2.24, 2.45) is 0 Å². The Morgan fingerprint density at radius 2 is 1.90 bits per heavy atom. The van der Waals surface area contributed by atoms with Crippen LogP contribution in [0.25, 0.3) is 0 Å². The summed E-state index contributed by atoms with van der Waals surface area (Å²) in [4.78, 5) is 4.42. The Bertz CT molecular complexity index is 591. The molecule has 2 aromatic rings. The van der Waals surface area contributed by atoms with Crippen molar-refractivity contribution in [3.63, 3.8) is 0 Å².